The Morgan fingerprint density at radius 1 is 0.597 bits per heavy atom. The van der Waals surface area contributed by atoms with Crippen LogP contribution in [0.1, 0.15) is 45.2 Å². The maximum Gasteiger partial charge on any atom is 0.345 e. The number of hydrogen-bond donors (Lipinski definition) is 1. The van der Waals surface area contributed by atoms with E-state index < -0.39 is 42.2 Å². The summed E-state index contributed by atoms with van der Waals surface area (Å²) in [4.78, 5) is 16.3. The molecule has 6 atom stereocenters. The second-order valence-electron chi connectivity index (χ2n) is 14.9. The Labute approximate surface area is 371 Å². The monoisotopic (exact) mass is 898 g/mol. The largest absolute Gasteiger partial charge is 0.488 e. The molecule has 1 N–H and O–H groups in total. The summed E-state index contributed by atoms with van der Waals surface area (Å²) in [5.41, 5.74) is 4.16. The molecule has 2 heterocycles. The van der Waals surface area contributed by atoms with E-state index in [9.17, 15) is 9.90 Å². The van der Waals surface area contributed by atoms with Crippen LogP contribution in [0.2, 0.25) is 0 Å². The molecule has 320 valence electrons. The summed E-state index contributed by atoms with van der Waals surface area (Å²) in [5.74, 6) is 0.479. The van der Waals surface area contributed by atoms with Crippen molar-refractivity contribution in [3.8, 4) is 5.75 Å². The molecular formula is C52H51BrO9. The van der Waals surface area contributed by atoms with Crippen LogP contribution in [0.5, 0.6) is 5.75 Å². The fourth-order valence-corrected chi connectivity index (χ4v) is 7.45. The van der Waals surface area contributed by atoms with Gasteiger partial charge in [-0.2, -0.15) is 0 Å². The van der Waals surface area contributed by atoms with Gasteiger partial charge in [-0.15, -0.1) is 0 Å². The summed E-state index contributed by atoms with van der Waals surface area (Å²) >= 11 is 3.24. The zero-order chi connectivity index (χ0) is 42.8. The molecule has 7 rings (SSSR count). The molecule has 0 radical (unpaired) electrons. The first kappa shape index (κ1) is 44.6. The Hall–Kier alpha value is -5.43. The lowest BCUT2D eigenvalue weighted by Crippen LogP contribution is -2.58. The van der Waals surface area contributed by atoms with Crippen LogP contribution in [0.25, 0.3) is 0 Å². The molecular weight excluding hydrogens is 848 g/mol. The third-order valence-electron chi connectivity index (χ3n) is 10.3. The zero-order valence-corrected chi connectivity index (χ0v) is 35.9. The van der Waals surface area contributed by atoms with E-state index in [4.69, 9.17) is 32.8 Å². The Morgan fingerprint density at radius 3 is 1.58 bits per heavy atom. The quantitative estimate of drug-likeness (QED) is 0.0707. The number of rotatable bonds is 21. The molecule has 0 bridgehead atoms. The van der Waals surface area contributed by atoms with E-state index >= 15 is 0 Å². The van der Waals surface area contributed by atoms with E-state index in [2.05, 4.69) is 15.9 Å². The standard InChI is InChI=1S/C52H51BrO9/c53-29-17-16-28-43(54)30-44-31-45(57-33-39-20-8-2-9-21-39)47(52(55)61-44)49-51(60-36-42-26-14-5-15-27-42)50(59-35-41-24-12-4-13-25-41)48(58-34-40-22-10-3-11-23-40)46(62-49)37-56-32-38-18-6-1-7-19-38/h1-29,31,43,46,48-51,54H,30,32-37H2/b28-16+,29-17+/t43?,46-,48+,49+,50+,51+/m1/s1. The minimum atomic E-state index is -1.08. The lowest BCUT2D eigenvalue weighted by molar-refractivity contribution is -0.275. The summed E-state index contributed by atoms with van der Waals surface area (Å²) < 4.78 is 46.7. The van der Waals surface area contributed by atoms with Gasteiger partial charge in [0, 0.05) is 12.5 Å². The third kappa shape index (κ3) is 13.0. The Kier molecular flexibility index (Phi) is 17.1. The maximum absolute atomic E-state index is 14.6. The molecule has 1 aliphatic heterocycles. The molecule has 1 saturated heterocycles. The normalized spacial score (nSPS) is 19.5. The highest BCUT2D eigenvalue weighted by Gasteiger charge is 2.51. The molecule has 5 aromatic carbocycles. The second kappa shape index (κ2) is 23.7. The van der Waals surface area contributed by atoms with Gasteiger partial charge in [0.2, 0.25) is 0 Å². The number of halogens is 1. The van der Waals surface area contributed by atoms with Gasteiger partial charge >= 0.3 is 5.63 Å². The summed E-state index contributed by atoms with van der Waals surface area (Å²) in [6.45, 7) is 1.25. The molecule has 1 aliphatic rings. The van der Waals surface area contributed by atoms with E-state index in [1.807, 2.05) is 152 Å². The fraction of sp³-hybridized carbons (Fsp3) is 0.250. The van der Waals surface area contributed by atoms with Gasteiger partial charge in [-0.05, 0) is 32.8 Å². The van der Waals surface area contributed by atoms with Crippen LogP contribution < -0.4 is 10.4 Å². The minimum Gasteiger partial charge on any atom is -0.488 e. The maximum atomic E-state index is 14.6. The predicted octanol–water partition coefficient (Wildman–Crippen LogP) is 10.00. The van der Waals surface area contributed by atoms with Crippen LogP contribution in [-0.4, -0.2) is 42.2 Å². The predicted molar refractivity (Wildman–Crippen MR) is 241 cm³/mol. The highest BCUT2D eigenvalue weighted by atomic mass is 79.9. The number of aliphatic hydroxyl groups is 1. The molecule has 1 unspecified atom stereocenters. The highest BCUT2D eigenvalue weighted by molar-refractivity contribution is 9.11. The van der Waals surface area contributed by atoms with Crippen LogP contribution in [0.3, 0.4) is 0 Å². The van der Waals surface area contributed by atoms with Gasteiger partial charge in [0.1, 0.15) is 54.2 Å². The van der Waals surface area contributed by atoms with Crippen molar-refractivity contribution in [2.24, 2.45) is 0 Å². The molecule has 0 saturated carbocycles. The number of benzene rings is 5. The SMILES string of the molecule is O=c1oc(CC(O)/C=C/C=C/Br)cc(OCc2ccccc2)c1[C@@H]1O[C@H](COCc2ccccc2)[C@H](OCc2ccccc2)[C@H](OCc2ccccc2)[C@H]1OCc1ccccc1. The first-order chi connectivity index (χ1) is 30.5. The van der Waals surface area contributed by atoms with Gasteiger partial charge in [0.15, 0.2) is 0 Å². The van der Waals surface area contributed by atoms with Crippen molar-refractivity contribution in [1.29, 1.82) is 0 Å². The van der Waals surface area contributed by atoms with Crippen molar-refractivity contribution in [2.75, 3.05) is 6.61 Å². The van der Waals surface area contributed by atoms with E-state index in [1.54, 1.807) is 29.3 Å². The van der Waals surface area contributed by atoms with Crippen LogP contribution in [0, 0.1) is 0 Å². The Morgan fingerprint density at radius 2 is 1.06 bits per heavy atom. The third-order valence-corrected chi connectivity index (χ3v) is 10.6. The van der Waals surface area contributed by atoms with E-state index in [0.717, 1.165) is 27.8 Å². The summed E-state index contributed by atoms with van der Waals surface area (Å²) in [5, 5.41) is 10.9. The van der Waals surface area contributed by atoms with Crippen molar-refractivity contribution in [3.63, 3.8) is 0 Å². The van der Waals surface area contributed by atoms with Gasteiger partial charge in [0.25, 0.3) is 0 Å². The number of hydrogen-bond acceptors (Lipinski definition) is 9. The number of allylic oxidation sites excluding steroid dienone is 2. The van der Waals surface area contributed by atoms with Crippen LogP contribution in [-0.2, 0) is 63.1 Å². The Bertz CT molecular complexity index is 2320. The smallest absolute Gasteiger partial charge is 0.345 e. The van der Waals surface area contributed by atoms with Crippen molar-refractivity contribution >= 4 is 15.9 Å². The van der Waals surface area contributed by atoms with Gasteiger partial charge in [0.05, 0.1) is 39.1 Å². The first-order valence-corrected chi connectivity index (χ1v) is 21.6. The highest BCUT2D eigenvalue weighted by Crippen LogP contribution is 2.41. The van der Waals surface area contributed by atoms with Crippen LogP contribution in [0.4, 0.5) is 0 Å². The molecule has 0 aliphatic carbocycles. The van der Waals surface area contributed by atoms with Gasteiger partial charge in [-0.1, -0.05) is 186 Å². The van der Waals surface area contributed by atoms with Crippen LogP contribution >= 0.6 is 15.9 Å². The molecule has 1 fully saturated rings. The Balaban J connectivity index is 1.32. The molecule has 10 heteroatoms. The summed E-state index contributed by atoms with van der Waals surface area (Å²) in [6.07, 6.45) is -0.115. The van der Waals surface area contributed by atoms with Crippen molar-refractivity contribution in [1.82, 2.24) is 0 Å². The minimum absolute atomic E-state index is 0.0253. The molecule has 0 spiro atoms. The van der Waals surface area contributed by atoms with E-state index in [0.29, 0.717) is 6.61 Å². The van der Waals surface area contributed by atoms with Gasteiger partial charge in [-0.3, -0.25) is 0 Å². The van der Waals surface area contributed by atoms with Gasteiger partial charge in [-0.25, -0.2) is 4.79 Å². The lowest BCUT2D eigenvalue weighted by Gasteiger charge is -2.46. The second-order valence-corrected chi connectivity index (χ2v) is 15.4. The average molecular weight is 900 g/mol. The zero-order valence-electron chi connectivity index (χ0n) is 34.3. The fourth-order valence-electron chi connectivity index (χ4n) is 7.27. The summed E-state index contributed by atoms with van der Waals surface area (Å²) in [7, 11) is 0. The van der Waals surface area contributed by atoms with Crippen molar-refractivity contribution in [3.05, 3.63) is 230 Å². The van der Waals surface area contributed by atoms with E-state index in [1.165, 1.54) is 0 Å². The molecule has 1 aromatic heterocycles. The van der Waals surface area contributed by atoms with E-state index in [-0.39, 0.29) is 56.5 Å². The lowest BCUT2D eigenvalue weighted by atomic mass is 9.90. The number of aliphatic hydroxyl groups excluding tert-OH is 1. The molecule has 6 aromatic rings. The van der Waals surface area contributed by atoms with Crippen LogP contribution in [0.15, 0.2) is 190 Å². The molecule has 0 amide bonds. The summed E-state index contributed by atoms with van der Waals surface area (Å²) in [6, 6.07) is 50.8. The van der Waals surface area contributed by atoms with Crippen molar-refractivity contribution in [2.45, 2.75) is 76.1 Å². The topological polar surface area (TPSA) is 106 Å². The average Bonchev–Trinajstić information content (AvgIpc) is 3.31. The van der Waals surface area contributed by atoms with Crippen molar-refractivity contribution < 1.29 is 37.9 Å². The van der Waals surface area contributed by atoms with Gasteiger partial charge < -0.3 is 37.9 Å². The number of ether oxygens (including phenoxy) is 6. The first-order valence-electron chi connectivity index (χ1n) is 20.7. The molecule has 9 nitrogen and oxygen atoms in total. The molecule has 62 heavy (non-hydrogen) atoms.